The van der Waals surface area contributed by atoms with E-state index in [0.29, 0.717) is 24.5 Å². The number of carbonyl (C=O) groups is 1. The number of hydrogen-bond donors (Lipinski definition) is 1. The molecule has 0 unspecified atom stereocenters. The van der Waals surface area contributed by atoms with Gasteiger partial charge in [0, 0.05) is 18.0 Å². The molecule has 2 rings (SSSR count). The Morgan fingerprint density at radius 2 is 1.67 bits per heavy atom. The smallest absolute Gasteiger partial charge is 0.243 e. The summed E-state index contributed by atoms with van der Waals surface area (Å²) in [6.45, 7) is 10.4. The molecule has 164 valence electrons. The van der Waals surface area contributed by atoms with E-state index in [4.69, 9.17) is 4.74 Å². The molecule has 0 aromatic heterocycles. The highest BCUT2D eigenvalue weighted by atomic mass is 32.2. The molecule has 0 aliphatic rings. The number of hydrogen-bond acceptors (Lipinski definition) is 5. The summed E-state index contributed by atoms with van der Waals surface area (Å²) < 4.78 is 32.3. The van der Waals surface area contributed by atoms with Crippen LogP contribution < -0.4 is 10.1 Å². The van der Waals surface area contributed by atoms with Crippen molar-refractivity contribution in [3.63, 3.8) is 0 Å². The van der Waals surface area contributed by atoms with E-state index in [-0.39, 0.29) is 16.6 Å². The van der Waals surface area contributed by atoms with Crippen LogP contribution in [-0.2, 0) is 14.8 Å². The first-order valence-electron chi connectivity index (χ1n) is 9.82. The number of nitrogens with zero attached hydrogens (tertiary/aromatic N) is 1. The Hall–Kier alpha value is -2.03. The highest BCUT2D eigenvalue weighted by Crippen LogP contribution is 2.31. The first-order valence-corrected chi connectivity index (χ1v) is 12.2. The molecule has 1 N–H and O–H groups in total. The van der Waals surface area contributed by atoms with Crippen molar-refractivity contribution >= 4 is 33.4 Å². The van der Waals surface area contributed by atoms with E-state index in [1.807, 2.05) is 20.8 Å². The number of aryl methyl sites for hydroxylation is 3. The Kier molecular flexibility index (Phi) is 8.34. The van der Waals surface area contributed by atoms with E-state index < -0.39 is 10.0 Å². The van der Waals surface area contributed by atoms with E-state index in [0.717, 1.165) is 16.0 Å². The van der Waals surface area contributed by atoms with Crippen molar-refractivity contribution in [1.29, 1.82) is 0 Å². The number of carbonyl (C=O) groups excluding carboxylic acids is 1. The van der Waals surface area contributed by atoms with E-state index in [9.17, 15) is 13.2 Å². The molecule has 30 heavy (non-hydrogen) atoms. The second-order valence-electron chi connectivity index (χ2n) is 7.02. The number of amides is 1. The van der Waals surface area contributed by atoms with Crippen LogP contribution in [0.25, 0.3) is 0 Å². The fourth-order valence-electron chi connectivity index (χ4n) is 3.38. The number of methoxy groups -OCH3 is 1. The number of anilines is 1. The van der Waals surface area contributed by atoms with Crippen molar-refractivity contribution in [3.05, 3.63) is 47.0 Å². The van der Waals surface area contributed by atoms with Crippen LogP contribution in [0.15, 0.2) is 40.1 Å². The summed E-state index contributed by atoms with van der Waals surface area (Å²) in [6, 6.07) is 8.70. The van der Waals surface area contributed by atoms with Gasteiger partial charge in [-0.2, -0.15) is 4.31 Å². The van der Waals surface area contributed by atoms with Crippen LogP contribution in [0.2, 0.25) is 0 Å². The van der Waals surface area contributed by atoms with Gasteiger partial charge in [0.15, 0.2) is 0 Å². The average molecular weight is 451 g/mol. The molecular weight excluding hydrogens is 420 g/mol. The number of thioether (sulfide) groups is 1. The zero-order valence-electron chi connectivity index (χ0n) is 18.4. The van der Waals surface area contributed by atoms with Gasteiger partial charge in [0.2, 0.25) is 15.9 Å². The van der Waals surface area contributed by atoms with Gasteiger partial charge >= 0.3 is 0 Å². The Balaban J connectivity index is 2.22. The van der Waals surface area contributed by atoms with Crippen molar-refractivity contribution in [3.8, 4) is 5.75 Å². The quantitative estimate of drug-likeness (QED) is 0.574. The molecule has 0 atom stereocenters. The highest BCUT2D eigenvalue weighted by molar-refractivity contribution is 8.00. The van der Waals surface area contributed by atoms with Crippen LogP contribution in [0.4, 0.5) is 5.69 Å². The molecule has 0 aliphatic heterocycles. The molecule has 0 radical (unpaired) electrons. The third-order valence-electron chi connectivity index (χ3n) is 4.74. The molecule has 0 aliphatic carbocycles. The molecule has 6 nitrogen and oxygen atoms in total. The van der Waals surface area contributed by atoms with Crippen LogP contribution >= 0.6 is 11.8 Å². The number of sulfonamides is 1. The molecular formula is C22H30N2O4S2. The van der Waals surface area contributed by atoms with Crippen molar-refractivity contribution in [2.75, 3.05) is 31.3 Å². The lowest BCUT2D eigenvalue weighted by Crippen LogP contribution is -2.30. The first kappa shape index (κ1) is 24.2. The number of benzene rings is 2. The minimum absolute atomic E-state index is 0.125. The lowest BCUT2D eigenvalue weighted by Gasteiger charge is -2.19. The molecule has 0 saturated heterocycles. The summed E-state index contributed by atoms with van der Waals surface area (Å²) in [5, 5.41) is 2.80. The van der Waals surface area contributed by atoms with Crippen LogP contribution in [-0.4, -0.2) is 44.6 Å². The molecule has 0 heterocycles. The number of ether oxygens (including phenoxy) is 1. The fraction of sp³-hybridized carbons (Fsp3) is 0.409. The topological polar surface area (TPSA) is 75.7 Å². The molecule has 2 aromatic rings. The molecule has 0 saturated carbocycles. The van der Waals surface area contributed by atoms with Gasteiger partial charge in [-0.05, 0) is 50.1 Å². The summed E-state index contributed by atoms with van der Waals surface area (Å²) in [4.78, 5) is 13.8. The normalized spacial score (nSPS) is 11.6. The van der Waals surface area contributed by atoms with Gasteiger partial charge in [-0.1, -0.05) is 31.5 Å². The molecule has 0 bridgehead atoms. The van der Waals surface area contributed by atoms with Gasteiger partial charge in [0.1, 0.15) is 5.75 Å². The third-order valence-corrected chi connectivity index (χ3v) is 8.13. The van der Waals surface area contributed by atoms with E-state index in [1.165, 1.54) is 40.9 Å². The maximum Gasteiger partial charge on any atom is 0.243 e. The molecule has 1 amide bonds. The summed E-state index contributed by atoms with van der Waals surface area (Å²) in [5.74, 6) is 0.394. The maximum absolute atomic E-state index is 12.8. The predicted molar refractivity (Wildman–Crippen MR) is 123 cm³/mol. The lowest BCUT2D eigenvalue weighted by molar-refractivity contribution is -0.113. The Bertz CT molecular complexity index is 993. The number of nitrogens with one attached hydrogen (secondary N) is 1. The van der Waals surface area contributed by atoms with Gasteiger partial charge in [0.05, 0.1) is 23.4 Å². The van der Waals surface area contributed by atoms with E-state index in [1.54, 1.807) is 19.9 Å². The van der Waals surface area contributed by atoms with Gasteiger partial charge in [-0.3, -0.25) is 4.79 Å². The van der Waals surface area contributed by atoms with Crippen molar-refractivity contribution < 1.29 is 17.9 Å². The van der Waals surface area contributed by atoms with Crippen molar-refractivity contribution in [2.45, 2.75) is 44.4 Å². The zero-order valence-corrected chi connectivity index (χ0v) is 20.0. The van der Waals surface area contributed by atoms with Gasteiger partial charge < -0.3 is 10.1 Å². The van der Waals surface area contributed by atoms with E-state index in [2.05, 4.69) is 17.4 Å². The van der Waals surface area contributed by atoms with Crippen molar-refractivity contribution in [1.82, 2.24) is 4.31 Å². The monoisotopic (exact) mass is 450 g/mol. The van der Waals surface area contributed by atoms with Gasteiger partial charge in [-0.15, -0.1) is 11.8 Å². The Morgan fingerprint density at radius 1 is 1.07 bits per heavy atom. The highest BCUT2D eigenvalue weighted by Gasteiger charge is 2.23. The summed E-state index contributed by atoms with van der Waals surface area (Å²) >= 11 is 1.47. The SMILES string of the molecule is CCN(CC)S(=O)(=O)c1ccc(OC)c(NC(=O)CSc2c(C)cc(C)cc2C)c1. The molecule has 0 spiro atoms. The average Bonchev–Trinajstić information content (AvgIpc) is 2.67. The summed E-state index contributed by atoms with van der Waals surface area (Å²) in [6.07, 6.45) is 0. The maximum atomic E-state index is 12.8. The zero-order chi connectivity index (χ0) is 22.5. The second-order valence-corrected chi connectivity index (χ2v) is 9.94. The third kappa shape index (κ3) is 5.56. The van der Waals surface area contributed by atoms with Gasteiger partial charge in [0.25, 0.3) is 0 Å². The molecule has 8 heteroatoms. The number of rotatable bonds is 9. The minimum atomic E-state index is -3.63. The lowest BCUT2D eigenvalue weighted by atomic mass is 10.1. The Morgan fingerprint density at radius 3 is 2.20 bits per heavy atom. The standard InChI is InChI=1S/C22H30N2O4S2/c1-7-24(8-2)30(26,27)18-9-10-20(28-6)19(13-18)23-21(25)14-29-22-16(4)11-15(3)12-17(22)5/h9-13H,7-8,14H2,1-6H3,(H,23,25). The molecule has 2 aromatic carbocycles. The fourth-order valence-corrected chi connectivity index (χ4v) is 5.78. The summed E-state index contributed by atoms with van der Waals surface area (Å²) in [7, 11) is -2.15. The van der Waals surface area contributed by atoms with Crippen molar-refractivity contribution in [2.24, 2.45) is 0 Å². The second kappa shape index (κ2) is 10.3. The summed E-state index contributed by atoms with van der Waals surface area (Å²) in [5.41, 5.74) is 3.80. The van der Waals surface area contributed by atoms with Crippen LogP contribution in [0.1, 0.15) is 30.5 Å². The largest absolute Gasteiger partial charge is 0.495 e. The first-order chi connectivity index (χ1) is 14.1. The van der Waals surface area contributed by atoms with Crippen LogP contribution in [0.3, 0.4) is 0 Å². The minimum Gasteiger partial charge on any atom is -0.495 e. The molecule has 0 fully saturated rings. The van der Waals surface area contributed by atoms with Crippen LogP contribution in [0, 0.1) is 20.8 Å². The predicted octanol–water partition coefficient (Wildman–Crippen LogP) is 4.38. The van der Waals surface area contributed by atoms with E-state index >= 15 is 0 Å². The Labute approximate surface area is 184 Å². The van der Waals surface area contributed by atoms with Gasteiger partial charge in [-0.25, -0.2) is 8.42 Å². The van der Waals surface area contributed by atoms with Crippen LogP contribution in [0.5, 0.6) is 5.75 Å².